The number of hydrogen-bond acceptors (Lipinski definition) is 6. The van der Waals surface area contributed by atoms with E-state index in [1.54, 1.807) is 4.90 Å². The summed E-state index contributed by atoms with van der Waals surface area (Å²) in [5.74, 6) is -0.977. The summed E-state index contributed by atoms with van der Waals surface area (Å²) in [7, 11) is 0. The fraction of sp³-hybridized carbons (Fsp3) is 0.455. The summed E-state index contributed by atoms with van der Waals surface area (Å²) in [6.07, 6.45) is 3.81. The number of fused-ring (bicyclic) bond motifs is 3. The molecule has 1 aromatic carbocycles. The number of aromatic nitrogens is 5. The smallest absolute Gasteiger partial charge is 0.265 e. The molecule has 2 fully saturated rings. The molecule has 1 saturated heterocycles. The van der Waals surface area contributed by atoms with Gasteiger partial charge in [-0.2, -0.15) is 0 Å². The molecular weight excluding hydrogens is 455 g/mol. The van der Waals surface area contributed by atoms with Crippen molar-refractivity contribution in [1.82, 2.24) is 29.6 Å². The van der Waals surface area contributed by atoms with E-state index in [9.17, 15) is 13.2 Å². The van der Waals surface area contributed by atoms with Gasteiger partial charge >= 0.3 is 0 Å². The number of halogens is 4. The molecule has 0 spiro atoms. The van der Waals surface area contributed by atoms with E-state index in [1.165, 1.54) is 12.4 Å². The molecule has 1 atom stereocenters. The minimum absolute atomic E-state index is 0.131. The Morgan fingerprint density at radius 3 is 2.45 bits per heavy atom. The fourth-order valence-corrected chi connectivity index (χ4v) is 5.13. The van der Waals surface area contributed by atoms with Gasteiger partial charge in [0.05, 0.1) is 30.7 Å². The first kappa shape index (κ1) is 20.9. The molecule has 1 saturated carbocycles. The van der Waals surface area contributed by atoms with E-state index >= 15 is 0 Å². The van der Waals surface area contributed by atoms with E-state index in [-0.39, 0.29) is 12.3 Å². The summed E-state index contributed by atoms with van der Waals surface area (Å²) in [6, 6.07) is 4.79. The molecule has 11 heteroatoms. The largest absolute Gasteiger partial charge is 0.341 e. The molecule has 33 heavy (non-hydrogen) atoms. The third-order valence-corrected chi connectivity index (χ3v) is 6.97. The lowest BCUT2D eigenvalue weighted by molar-refractivity contribution is 0.0663. The van der Waals surface area contributed by atoms with Gasteiger partial charge in [-0.05, 0) is 36.6 Å². The molecule has 172 valence electrons. The van der Waals surface area contributed by atoms with Crippen LogP contribution >= 0.6 is 11.6 Å². The first-order chi connectivity index (χ1) is 15.9. The zero-order valence-corrected chi connectivity index (χ0v) is 18.4. The van der Waals surface area contributed by atoms with Crippen LogP contribution in [0.1, 0.15) is 42.4 Å². The number of anilines is 1. The molecule has 1 aliphatic carbocycles. The number of piperidine rings is 1. The minimum Gasteiger partial charge on any atom is -0.341 e. The topological polar surface area (TPSA) is 63.0 Å². The van der Waals surface area contributed by atoms with Crippen molar-refractivity contribution in [2.45, 2.75) is 50.2 Å². The van der Waals surface area contributed by atoms with Crippen LogP contribution in [0.5, 0.6) is 0 Å². The van der Waals surface area contributed by atoms with Crippen LogP contribution in [0, 0.1) is 5.82 Å². The van der Waals surface area contributed by atoms with Gasteiger partial charge in [-0.15, -0.1) is 10.2 Å². The predicted octanol–water partition coefficient (Wildman–Crippen LogP) is 3.96. The van der Waals surface area contributed by atoms with E-state index in [0.717, 1.165) is 29.9 Å². The fourth-order valence-electron chi connectivity index (χ4n) is 4.94. The SMILES string of the molecule is Fc1cnc(N2CCC(c3nnc4n3-c3ccc(Cl)cc3CN(C3CC3(F)F)C4)CC2)nc1. The highest BCUT2D eigenvalue weighted by Crippen LogP contribution is 2.47. The van der Waals surface area contributed by atoms with Crippen LogP contribution in [-0.4, -0.2) is 54.7 Å². The molecule has 2 aromatic heterocycles. The lowest BCUT2D eigenvalue weighted by Crippen LogP contribution is -2.35. The Morgan fingerprint density at radius 1 is 1.03 bits per heavy atom. The maximum atomic E-state index is 13.9. The first-order valence-corrected chi connectivity index (χ1v) is 11.3. The average Bonchev–Trinajstić information content (AvgIpc) is 3.30. The van der Waals surface area contributed by atoms with Crippen molar-refractivity contribution >= 4 is 17.5 Å². The monoisotopic (exact) mass is 475 g/mol. The van der Waals surface area contributed by atoms with Gasteiger partial charge in [0.15, 0.2) is 11.6 Å². The normalized spacial score (nSPS) is 22.5. The van der Waals surface area contributed by atoms with Crippen molar-refractivity contribution in [3.05, 3.63) is 58.6 Å². The molecule has 0 bridgehead atoms. The van der Waals surface area contributed by atoms with Gasteiger partial charge in [-0.25, -0.2) is 23.1 Å². The zero-order valence-electron chi connectivity index (χ0n) is 17.6. The molecule has 0 N–H and O–H groups in total. The van der Waals surface area contributed by atoms with Crippen LogP contribution in [0.3, 0.4) is 0 Å². The van der Waals surface area contributed by atoms with Crippen LogP contribution < -0.4 is 4.90 Å². The van der Waals surface area contributed by atoms with Gasteiger partial charge < -0.3 is 4.90 Å². The summed E-state index contributed by atoms with van der Waals surface area (Å²) in [4.78, 5) is 12.0. The van der Waals surface area contributed by atoms with Gasteiger partial charge in [-0.3, -0.25) is 9.47 Å². The van der Waals surface area contributed by atoms with E-state index < -0.39 is 17.8 Å². The Balaban J connectivity index is 1.30. The van der Waals surface area contributed by atoms with Crippen molar-refractivity contribution in [3.63, 3.8) is 0 Å². The molecular formula is C22H21ClF3N7. The second-order valence-electron chi connectivity index (χ2n) is 8.93. The number of alkyl halides is 2. The maximum absolute atomic E-state index is 13.9. The highest BCUT2D eigenvalue weighted by atomic mass is 35.5. The summed E-state index contributed by atoms with van der Waals surface area (Å²) in [5.41, 5.74) is 1.78. The number of benzene rings is 1. The van der Waals surface area contributed by atoms with Crippen molar-refractivity contribution in [3.8, 4) is 5.69 Å². The molecule has 3 aliphatic rings. The Hall–Kier alpha value is -2.72. The standard InChI is InChI=1S/C22H21ClF3N7/c23-15-1-2-17-14(7-15)11-32(18-8-22(18,25)26)12-19-29-30-20(33(17)19)13-3-5-31(6-4-13)21-27-9-16(24)10-28-21/h1-2,7,9-10,13,18H,3-6,8,11-12H2. The van der Waals surface area contributed by atoms with Crippen LogP contribution in [0.2, 0.25) is 5.02 Å². The molecule has 2 aliphatic heterocycles. The van der Waals surface area contributed by atoms with Crippen LogP contribution in [0.15, 0.2) is 30.6 Å². The molecule has 4 heterocycles. The van der Waals surface area contributed by atoms with E-state index in [1.807, 2.05) is 27.7 Å². The van der Waals surface area contributed by atoms with Gasteiger partial charge in [0.25, 0.3) is 5.92 Å². The summed E-state index contributed by atoms with van der Waals surface area (Å²) in [5, 5.41) is 9.50. The van der Waals surface area contributed by atoms with Crippen LogP contribution in [0.25, 0.3) is 5.69 Å². The number of hydrogen-bond donors (Lipinski definition) is 0. The second-order valence-corrected chi connectivity index (χ2v) is 9.37. The number of rotatable bonds is 3. The molecule has 0 radical (unpaired) electrons. The zero-order chi connectivity index (χ0) is 22.7. The molecule has 6 rings (SSSR count). The Morgan fingerprint density at radius 2 is 1.76 bits per heavy atom. The highest BCUT2D eigenvalue weighted by Gasteiger charge is 2.60. The molecule has 7 nitrogen and oxygen atoms in total. The van der Waals surface area contributed by atoms with Crippen molar-refractivity contribution in [2.24, 2.45) is 0 Å². The van der Waals surface area contributed by atoms with Crippen molar-refractivity contribution < 1.29 is 13.2 Å². The van der Waals surface area contributed by atoms with E-state index in [0.29, 0.717) is 43.0 Å². The summed E-state index contributed by atoms with van der Waals surface area (Å²) in [6.45, 7) is 2.10. The first-order valence-electron chi connectivity index (χ1n) is 11.0. The van der Waals surface area contributed by atoms with Gasteiger partial charge in [-0.1, -0.05) is 11.6 Å². The predicted molar refractivity (Wildman–Crippen MR) is 115 cm³/mol. The third kappa shape index (κ3) is 3.74. The quantitative estimate of drug-likeness (QED) is 0.571. The minimum atomic E-state index is -2.66. The number of nitrogens with zero attached hydrogens (tertiary/aromatic N) is 7. The highest BCUT2D eigenvalue weighted by molar-refractivity contribution is 6.30. The van der Waals surface area contributed by atoms with E-state index in [2.05, 4.69) is 20.2 Å². The molecule has 0 amide bonds. The molecule has 1 unspecified atom stereocenters. The summed E-state index contributed by atoms with van der Waals surface area (Å²) < 4.78 is 43.0. The lowest BCUT2D eigenvalue weighted by Gasteiger charge is -2.31. The second kappa shape index (κ2) is 7.66. The Kier molecular flexibility index (Phi) is 4.84. The Labute approximate surface area is 193 Å². The lowest BCUT2D eigenvalue weighted by atomic mass is 9.95. The van der Waals surface area contributed by atoms with Gasteiger partial charge in [0.2, 0.25) is 5.95 Å². The van der Waals surface area contributed by atoms with Crippen molar-refractivity contribution in [1.29, 1.82) is 0 Å². The maximum Gasteiger partial charge on any atom is 0.265 e. The van der Waals surface area contributed by atoms with Gasteiger partial charge in [0.1, 0.15) is 5.82 Å². The molecule has 3 aromatic rings. The van der Waals surface area contributed by atoms with Crippen LogP contribution in [0.4, 0.5) is 19.1 Å². The van der Waals surface area contributed by atoms with E-state index in [4.69, 9.17) is 11.6 Å². The third-order valence-electron chi connectivity index (χ3n) is 6.74. The summed E-state index contributed by atoms with van der Waals surface area (Å²) >= 11 is 6.25. The van der Waals surface area contributed by atoms with Gasteiger partial charge in [0, 0.05) is 37.0 Å². The van der Waals surface area contributed by atoms with Crippen molar-refractivity contribution in [2.75, 3.05) is 18.0 Å². The average molecular weight is 476 g/mol. The van der Waals surface area contributed by atoms with Crippen LogP contribution in [-0.2, 0) is 13.1 Å². The Bertz CT molecular complexity index is 1190.